The Balaban J connectivity index is 0.000000180. The molecular formula is C35H34N6O4. The Morgan fingerprint density at radius 3 is 1.64 bits per heavy atom. The fourth-order valence-corrected chi connectivity index (χ4v) is 4.57. The van der Waals surface area contributed by atoms with Gasteiger partial charge in [-0.05, 0) is 55.5 Å². The third-order valence-corrected chi connectivity index (χ3v) is 6.91. The Morgan fingerprint density at radius 2 is 1.11 bits per heavy atom. The number of hydrogen-bond acceptors (Lipinski definition) is 6. The first kappa shape index (κ1) is 30.6. The molecule has 0 fully saturated rings. The van der Waals surface area contributed by atoms with E-state index in [1.165, 1.54) is 4.57 Å². The maximum Gasteiger partial charge on any atom is 0.281 e. The SMILES string of the molecule is C.Cc1ccc(-n2ccn3nc(COc4ccccc4)cc3c2=O)cc1.Cn1ccn2nc(COc3ccccc3)cc2c1=O. The number of ether oxygens (including phenoxy) is 2. The third kappa shape index (κ3) is 7.02. The summed E-state index contributed by atoms with van der Waals surface area (Å²) in [7, 11) is 1.72. The molecule has 0 saturated carbocycles. The highest BCUT2D eigenvalue weighted by molar-refractivity contribution is 5.48. The van der Waals surface area contributed by atoms with Crippen LogP contribution in [0.15, 0.2) is 131 Å². The zero-order chi connectivity index (χ0) is 30.5. The van der Waals surface area contributed by atoms with Gasteiger partial charge in [-0.1, -0.05) is 61.5 Å². The molecule has 4 aromatic heterocycles. The Labute approximate surface area is 260 Å². The molecule has 228 valence electrons. The Bertz CT molecular complexity index is 2130. The van der Waals surface area contributed by atoms with Crippen LogP contribution in [-0.4, -0.2) is 28.4 Å². The molecule has 4 heterocycles. The van der Waals surface area contributed by atoms with Crippen LogP contribution >= 0.6 is 0 Å². The predicted molar refractivity (Wildman–Crippen MR) is 174 cm³/mol. The van der Waals surface area contributed by atoms with E-state index >= 15 is 0 Å². The molecule has 3 aromatic carbocycles. The summed E-state index contributed by atoms with van der Waals surface area (Å²) in [5, 5.41) is 8.72. The van der Waals surface area contributed by atoms with Crippen molar-refractivity contribution >= 4 is 11.0 Å². The van der Waals surface area contributed by atoms with Crippen LogP contribution in [0.2, 0.25) is 0 Å². The molecule has 0 atom stereocenters. The van der Waals surface area contributed by atoms with Crippen LogP contribution in [0.3, 0.4) is 0 Å². The molecule has 0 radical (unpaired) electrons. The maximum absolute atomic E-state index is 12.8. The van der Waals surface area contributed by atoms with E-state index < -0.39 is 0 Å². The summed E-state index contributed by atoms with van der Waals surface area (Å²) >= 11 is 0. The number of nitrogens with zero attached hydrogens (tertiary/aromatic N) is 6. The van der Waals surface area contributed by atoms with E-state index in [4.69, 9.17) is 9.47 Å². The summed E-state index contributed by atoms with van der Waals surface area (Å²) in [5.74, 6) is 1.56. The van der Waals surface area contributed by atoms with Crippen LogP contribution in [0.5, 0.6) is 11.5 Å². The number of para-hydroxylation sites is 2. The predicted octanol–water partition coefficient (Wildman–Crippen LogP) is 5.62. The quantitative estimate of drug-likeness (QED) is 0.235. The van der Waals surface area contributed by atoms with Gasteiger partial charge in [0.05, 0.1) is 0 Å². The van der Waals surface area contributed by atoms with Crippen molar-refractivity contribution in [2.24, 2.45) is 7.05 Å². The van der Waals surface area contributed by atoms with Crippen molar-refractivity contribution in [2.75, 3.05) is 0 Å². The zero-order valence-corrected chi connectivity index (χ0v) is 24.3. The van der Waals surface area contributed by atoms with Crippen molar-refractivity contribution in [1.29, 1.82) is 0 Å². The molecule has 10 nitrogen and oxygen atoms in total. The Kier molecular flexibility index (Phi) is 9.23. The largest absolute Gasteiger partial charge is 0.487 e. The summed E-state index contributed by atoms with van der Waals surface area (Å²) in [6.45, 7) is 2.68. The van der Waals surface area contributed by atoms with E-state index in [9.17, 15) is 9.59 Å². The number of benzene rings is 3. The molecule has 7 rings (SSSR count). The molecular weight excluding hydrogens is 568 g/mol. The molecule has 0 bridgehead atoms. The lowest BCUT2D eigenvalue weighted by Gasteiger charge is -2.06. The highest BCUT2D eigenvalue weighted by atomic mass is 16.5. The lowest BCUT2D eigenvalue weighted by Crippen LogP contribution is -2.19. The fourth-order valence-electron chi connectivity index (χ4n) is 4.57. The minimum atomic E-state index is -0.107. The van der Waals surface area contributed by atoms with Crippen molar-refractivity contribution in [2.45, 2.75) is 27.6 Å². The Hall–Kier alpha value is -5.90. The molecule has 0 amide bonds. The van der Waals surface area contributed by atoms with E-state index in [0.717, 1.165) is 28.4 Å². The molecule has 0 N–H and O–H groups in total. The van der Waals surface area contributed by atoms with Crippen LogP contribution in [0.1, 0.15) is 24.4 Å². The van der Waals surface area contributed by atoms with Gasteiger partial charge in [-0.15, -0.1) is 0 Å². The van der Waals surface area contributed by atoms with Gasteiger partial charge >= 0.3 is 0 Å². The van der Waals surface area contributed by atoms with Crippen LogP contribution in [0.4, 0.5) is 0 Å². The van der Waals surface area contributed by atoms with E-state index in [1.54, 1.807) is 57.6 Å². The molecule has 0 saturated heterocycles. The Morgan fingerprint density at radius 1 is 0.622 bits per heavy atom. The summed E-state index contributed by atoms with van der Waals surface area (Å²) in [5.41, 5.74) is 4.33. The molecule has 7 aromatic rings. The van der Waals surface area contributed by atoms with Crippen LogP contribution in [0.25, 0.3) is 16.7 Å². The molecule has 10 heteroatoms. The number of hydrogen-bond donors (Lipinski definition) is 0. The van der Waals surface area contributed by atoms with Crippen molar-refractivity contribution in [3.05, 3.63) is 160 Å². The summed E-state index contributed by atoms with van der Waals surface area (Å²) < 4.78 is 17.6. The minimum absolute atomic E-state index is 0. The van der Waals surface area contributed by atoms with Gasteiger partial charge in [-0.25, -0.2) is 9.03 Å². The number of rotatable bonds is 7. The fraction of sp³-hybridized carbons (Fsp3) is 0.143. The second-order valence-corrected chi connectivity index (χ2v) is 10.2. The normalized spacial score (nSPS) is 10.6. The molecule has 0 aliphatic carbocycles. The molecule has 0 aliphatic rings. The van der Waals surface area contributed by atoms with Crippen molar-refractivity contribution < 1.29 is 9.47 Å². The standard InChI is InChI=1S/C20H17N3O2.C14H13N3O2.CH4/c1-15-7-9-17(10-8-15)22-11-12-23-19(20(22)24)13-16(21-23)14-25-18-5-3-2-4-6-18;1-16-7-8-17-13(14(16)18)9-11(15-17)10-19-12-5-3-2-4-6-12;/h2-13H,14H2,1H3;2-9H,10H2,1H3;1H4. The van der Waals surface area contributed by atoms with Crippen molar-refractivity contribution in [3.63, 3.8) is 0 Å². The van der Waals surface area contributed by atoms with Crippen LogP contribution in [0, 0.1) is 6.92 Å². The minimum Gasteiger partial charge on any atom is -0.487 e. The number of aryl methyl sites for hydroxylation is 2. The first-order valence-electron chi connectivity index (χ1n) is 14.0. The number of fused-ring (bicyclic) bond motifs is 2. The van der Waals surface area contributed by atoms with Gasteiger partial charge in [0, 0.05) is 37.5 Å². The van der Waals surface area contributed by atoms with E-state index in [2.05, 4.69) is 10.2 Å². The van der Waals surface area contributed by atoms with Crippen LogP contribution < -0.4 is 20.6 Å². The van der Waals surface area contributed by atoms with Gasteiger partial charge in [-0.2, -0.15) is 10.2 Å². The molecule has 0 spiro atoms. The summed E-state index contributed by atoms with van der Waals surface area (Å²) in [6.07, 6.45) is 6.95. The lowest BCUT2D eigenvalue weighted by molar-refractivity contribution is 0.300. The zero-order valence-electron chi connectivity index (χ0n) is 24.3. The van der Waals surface area contributed by atoms with Crippen molar-refractivity contribution in [3.8, 4) is 17.2 Å². The average Bonchev–Trinajstić information content (AvgIpc) is 3.68. The van der Waals surface area contributed by atoms with Crippen molar-refractivity contribution in [1.82, 2.24) is 28.4 Å². The molecule has 0 unspecified atom stereocenters. The lowest BCUT2D eigenvalue weighted by atomic mass is 10.2. The van der Waals surface area contributed by atoms with Gasteiger partial charge in [0.2, 0.25) is 0 Å². The first-order chi connectivity index (χ1) is 21.4. The van der Waals surface area contributed by atoms with Gasteiger partial charge in [-0.3, -0.25) is 14.2 Å². The molecule has 0 aliphatic heterocycles. The summed E-state index contributed by atoms with van der Waals surface area (Å²) in [6, 6.07) is 30.4. The maximum atomic E-state index is 12.8. The van der Waals surface area contributed by atoms with E-state index in [1.807, 2.05) is 91.9 Å². The van der Waals surface area contributed by atoms with Gasteiger partial charge in [0.25, 0.3) is 11.1 Å². The van der Waals surface area contributed by atoms with Gasteiger partial charge < -0.3 is 14.0 Å². The molecule has 45 heavy (non-hydrogen) atoms. The second kappa shape index (κ2) is 13.6. The smallest absolute Gasteiger partial charge is 0.281 e. The number of aromatic nitrogens is 6. The summed E-state index contributed by atoms with van der Waals surface area (Å²) in [4.78, 5) is 24.6. The monoisotopic (exact) mass is 602 g/mol. The topological polar surface area (TPSA) is 97.1 Å². The average molecular weight is 603 g/mol. The highest BCUT2D eigenvalue weighted by Gasteiger charge is 2.10. The second-order valence-electron chi connectivity index (χ2n) is 10.2. The van der Waals surface area contributed by atoms with E-state index in [-0.39, 0.29) is 18.5 Å². The van der Waals surface area contributed by atoms with E-state index in [0.29, 0.717) is 29.9 Å². The third-order valence-electron chi connectivity index (χ3n) is 6.91. The van der Waals surface area contributed by atoms with Gasteiger partial charge in [0.1, 0.15) is 47.1 Å². The highest BCUT2D eigenvalue weighted by Crippen LogP contribution is 2.14. The van der Waals surface area contributed by atoms with Gasteiger partial charge in [0.15, 0.2) is 0 Å². The van der Waals surface area contributed by atoms with Crippen LogP contribution in [-0.2, 0) is 20.3 Å². The first-order valence-corrected chi connectivity index (χ1v) is 14.0.